The summed E-state index contributed by atoms with van der Waals surface area (Å²) in [6.07, 6.45) is 0. The minimum absolute atomic E-state index is 0.299. The topological polar surface area (TPSA) is 58.6 Å². The van der Waals surface area contributed by atoms with Gasteiger partial charge in [-0.05, 0) is 52.7 Å². The number of carboxylic acid groups (broad SMARTS) is 1. The fraction of sp³-hybridized carbons (Fsp3) is 0.188. The molecule has 0 unspecified atom stereocenters. The predicted octanol–water partition coefficient (Wildman–Crippen LogP) is 4.84. The summed E-state index contributed by atoms with van der Waals surface area (Å²) in [5.74, 6) is -0.174. The van der Waals surface area contributed by atoms with Crippen molar-refractivity contribution < 1.29 is 14.6 Å². The Labute approximate surface area is 145 Å². The zero-order valence-corrected chi connectivity index (χ0v) is 15.3. The highest BCUT2D eigenvalue weighted by atomic mass is 79.9. The Hall–Kier alpha value is -1.53. The van der Waals surface area contributed by atoms with Crippen LogP contribution in [0.5, 0.6) is 5.75 Å². The molecule has 0 aliphatic rings. The Morgan fingerprint density at radius 2 is 2.05 bits per heavy atom. The van der Waals surface area contributed by atoms with Gasteiger partial charge in [-0.25, -0.2) is 4.79 Å². The van der Waals surface area contributed by atoms with Crippen LogP contribution in [0.1, 0.15) is 21.5 Å². The number of benzene rings is 2. The maximum absolute atomic E-state index is 11.2. The Morgan fingerprint density at radius 3 is 2.68 bits per heavy atom. The highest BCUT2D eigenvalue weighted by Gasteiger charge is 2.12. The molecule has 0 heterocycles. The molecule has 0 aliphatic carbocycles. The molecule has 0 saturated carbocycles. The fourth-order valence-electron chi connectivity index (χ4n) is 2.22. The molecule has 0 radical (unpaired) electrons. The summed E-state index contributed by atoms with van der Waals surface area (Å²) < 4.78 is 7.21. The molecule has 0 saturated heterocycles. The van der Waals surface area contributed by atoms with Gasteiger partial charge < -0.3 is 15.2 Å². The number of aromatic carboxylic acids is 1. The Morgan fingerprint density at radius 1 is 1.32 bits per heavy atom. The molecule has 2 aromatic carbocycles. The van der Waals surface area contributed by atoms with Crippen LogP contribution in [-0.4, -0.2) is 18.2 Å². The number of hydrogen-bond donors (Lipinski definition) is 2. The molecule has 116 valence electrons. The van der Waals surface area contributed by atoms with Crippen molar-refractivity contribution in [1.82, 2.24) is 0 Å². The maximum Gasteiger partial charge on any atom is 0.336 e. The molecule has 0 aromatic heterocycles. The second kappa shape index (κ2) is 7.15. The van der Waals surface area contributed by atoms with Crippen molar-refractivity contribution in [3.63, 3.8) is 0 Å². The first-order chi connectivity index (χ1) is 10.4. The third-order valence-corrected chi connectivity index (χ3v) is 4.37. The zero-order chi connectivity index (χ0) is 16.3. The third-order valence-electron chi connectivity index (χ3n) is 3.32. The molecule has 0 spiro atoms. The minimum atomic E-state index is -0.927. The molecule has 0 atom stereocenters. The van der Waals surface area contributed by atoms with E-state index in [1.807, 2.05) is 18.2 Å². The van der Waals surface area contributed by atoms with Gasteiger partial charge in [-0.2, -0.15) is 0 Å². The van der Waals surface area contributed by atoms with Crippen molar-refractivity contribution in [3.05, 3.63) is 56.0 Å². The van der Waals surface area contributed by atoms with Gasteiger partial charge in [0.25, 0.3) is 0 Å². The average Bonchev–Trinajstić information content (AvgIpc) is 2.45. The van der Waals surface area contributed by atoms with Gasteiger partial charge in [0.05, 0.1) is 17.1 Å². The second-order valence-electron chi connectivity index (χ2n) is 4.72. The fourth-order valence-corrected chi connectivity index (χ4v) is 3.70. The van der Waals surface area contributed by atoms with Gasteiger partial charge in [0.15, 0.2) is 0 Å². The number of carboxylic acids is 1. The number of rotatable bonds is 5. The Kier molecular flexibility index (Phi) is 5.47. The van der Waals surface area contributed by atoms with E-state index in [0.29, 0.717) is 17.7 Å². The molecule has 0 fully saturated rings. The minimum Gasteiger partial charge on any atom is -0.495 e. The summed E-state index contributed by atoms with van der Waals surface area (Å²) in [5, 5.41) is 12.4. The standard InChI is InChI=1S/C16H15Br2NO3/c1-9-12(16(20)21)4-3-5-14(9)19-8-10-6-11(17)7-13(18)15(10)22-2/h3-7,19H,8H2,1-2H3,(H,20,21). The van der Waals surface area contributed by atoms with Crippen molar-refractivity contribution in [2.45, 2.75) is 13.5 Å². The number of anilines is 1. The summed E-state index contributed by atoms with van der Waals surface area (Å²) >= 11 is 6.93. The summed E-state index contributed by atoms with van der Waals surface area (Å²) in [5.41, 5.74) is 2.76. The summed E-state index contributed by atoms with van der Waals surface area (Å²) in [7, 11) is 1.62. The second-order valence-corrected chi connectivity index (χ2v) is 6.49. The van der Waals surface area contributed by atoms with Crippen molar-refractivity contribution in [1.29, 1.82) is 0 Å². The number of hydrogen-bond acceptors (Lipinski definition) is 3. The van der Waals surface area contributed by atoms with Gasteiger partial charge in [-0.15, -0.1) is 0 Å². The first-order valence-electron chi connectivity index (χ1n) is 6.52. The lowest BCUT2D eigenvalue weighted by atomic mass is 10.1. The van der Waals surface area contributed by atoms with E-state index in [0.717, 1.165) is 25.9 Å². The van der Waals surface area contributed by atoms with Gasteiger partial charge in [-0.3, -0.25) is 0 Å². The van der Waals surface area contributed by atoms with Crippen LogP contribution in [0.25, 0.3) is 0 Å². The molecule has 0 aliphatic heterocycles. The maximum atomic E-state index is 11.2. The molecular weight excluding hydrogens is 414 g/mol. The van der Waals surface area contributed by atoms with E-state index in [-0.39, 0.29) is 0 Å². The lowest BCUT2D eigenvalue weighted by Crippen LogP contribution is -2.07. The number of methoxy groups -OCH3 is 1. The highest BCUT2D eigenvalue weighted by molar-refractivity contribution is 9.11. The molecular formula is C16H15Br2NO3. The zero-order valence-electron chi connectivity index (χ0n) is 12.1. The molecule has 22 heavy (non-hydrogen) atoms. The van der Waals surface area contributed by atoms with E-state index < -0.39 is 5.97 Å². The largest absolute Gasteiger partial charge is 0.495 e. The van der Waals surface area contributed by atoms with Crippen molar-refractivity contribution >= 4 is 43.5 Å². The summed E-state index contributed by atoms with van der Waals surface area (Å²) in [4.78, 5) is 11.2. The number of ether oxygens (including phenoxy) is 1. The SMILES string of the molecule is COc1c(Br)cc(Br)cc1CNc1cccc(C(=O)O)c1C. The van der Waals surface area contributed by atoms with Crippen molar-refractivity contribution in [2.24, 2.45) is 0 Å². The van der Waals surface area contributed by atoms with E-state index in [2.05, 4.69) is 37.2 Å². The number of carbonyl (C=O) groups is 1. The van der Waals surface area contributed by atoms with E-state index in [9.17, 15) is 9.90 Å². The van der Waals surface area contributed by atoms with Crippen LogP contribution in [0.3, 0.4) is 0 Å². The average molecular weight is 429 g/mol. The predicted molar refractivity (Wildman–Crippen MR) is 93.9 cm³/mol. The third kappa shape index (κ3) is 3.62. The van der Waals surface area contributed by atoms with Crippen LogP contribution in [0.15, 0.2) is 39.3 Å². The normalized spacial score (nSPS) is 10.4. The van der Waals surface area contributed by atoms with Gasteiger partial charge >= 0.3 is 5.97 Å². The Bertz CT molecular complexity index is 717. The van der Waals surface area contributed by atoms with E-state index >= 15 is 0 Å². The molecule has 2 N–H and O–H groups in total. The van der Waals surface area contributed by atoms with Crippen LogP contribution in [0, 0.1) is 6.92 Å². The first kappa shape index (κ1) is 16.8. The monoisotopic (exact) mass is 427 g/mol. The lowest BCUT2D eigenvalue weighted by Gasteiger charge is -2.15. The van der Waals surface area contributed by atoms with E-state index in [4.69, 9.17) is 4.74 Å². The summed E-state index contributed by atoms with van der Waals surface area (Å²) in [6, 6.07) is 9.07. The van der Waals surface area contributed by atoms with Crippen molar-refractivity contribution in [3.8, 4) is 5.75 Å². The Balaban J connectivity index is 2.28. The molecule has 2 rings (SSSR count). The number of halogens is 2. The number of nitrogens with one attached hydrogen (secondary N) is 1. The molecule has 2 aromatic rings. The molecule has 0 bridgehead atoms. The molecule has 6 heteroatoms. The quantitative estimate of drug-likeness (QED) is 0.715. The summed E-state index contributed by atoms with van der Waals surface area (Å²) in [6.45, 7) is 2.31. The van der Waals surface area contributed by atoms with E-state index in [1.165, 1.54) is 0 Å². The van der Waals surface area contributed by atoms with Gasteiger partial charge in [0.1, 0.15) is 5.75 Å². The van der Waals surface area contributed by atoms with Crippen LogP contribution in [-0.2, 0) is 6.54 Å². The van der Waals surface area contributed by atoms with Gasteiger partial charge in [-0.1, -0.05) is 22.0 Å². The smallest absolute Gasteiger partial charge is 0.336 e. The lowest BCUT2D eigenvalue weighted by molar-refractivity contribution is 0.0696. The van der Waals surface area contributed by atoms with Gasteiger partial charge in [0.2, 0.25) is 0 Å². The van der Waals surface area contributed by atoms with Crippen molar-refractivity contribution in [2.75, 3.05) is 12.4 Å². The van der Waals surface area contributed by atoms with E-state index in [1.54, 1.807) is 26.2 Å². The van der Waals surface area contributed by atoms with Gasteiger partial charge in [0, 0.05) is 22.3 Å². The van der Waals surface area contributed by atoms with Crippen LogP contribution in [0.2, 0.25) is 0 Å². The highest BCUT2D eigenvalue weighted by Crippen LogP contribution is 2.33. The molecule has 0 amide bonds. The van der Waals surface area contributed by atoms with Crippen LogP contribution >= 0.6 is 31.9 Å². The van der Waals surface area contributed by atoms with Crippen LogP contribution < -0.4 is 10.1 Å². The van der Waals surface area contributed by atoms with Crippen LogP contribution in [0.4, 0.5) is 5.69 Å². The molecule has 4 nitrogen and oxygen atoms in total. The first-order valence-corrected chi connectivity index (χ1v) is 8.11.